The SMILES string of the molecule is CC(=O)NC(C)(C)C(=O)NC[C@H](C)Oc1cccnc1. The Hall–Kier alpha value is -2.11. The number of ether oxygens (including phenoxy) is 1. The maximum absolute atomic E-state index is 12.0. The number of carbonyl (C=O) groups is 2. The molecule has 0 fully saturated rings. The maximum Gasteiger partial charge on any atom is 0.245 e. The van der Waals surface area contributed by atoms with Gasteiger partial charge in [0.1, 0.15) is 17.4 Å². The van der Waals surface area contributed by atoms with Gasteiger partial charge in [0.2, 0.25) is 11.8 Å². The Bertz CT molecular complexity index is 460. The van der Waals surface area contributed by atoms with E-state index in [1.807, 2.05) is 6.92 Å². The molecule has 1 heterocycles. The molecule has 2 N–H and O–H groups in total. The number of nitrogens with one attached hydrogen (secondary N) is 2. The summed E-state index contributed by atoms with van der Waals surface area (Å²) in [7, 11) is 0. The molecule has 0 aromatic carbocycles. The summed E-state index contributed by atoms with van der Waals surface area (Å²) in [6, 6.07) is 3.58. The van der Waals surface area contributed by atoms with Gasteiger partial charge in [-0.3, -0.25) is 14.6 Å². The maximum atomic E-state index is 12.0. The molecule has 1 aromatic heterocycles. The highest BCUT2D eigenvalue weighted by Crippen LogP contribution is 2.09. The van der Waals surface area contributed by atoms with E-state index in [9.17, 15) is 9.59 Å². The Labute approximate surface area is 118 Å². The third kappa shape index (κ3) is 5.26. The monoisotopic (exact) mass is 279 g/mol. The largest absolute Gasteiger partial charge is 0.487 e. The zero-order chi connectivity index (χ0) is 15.2. The van der Waals surface area contributed by atoms with Crippen LogP contribution < -0.4 is 15.4 Å². The van der Waals surface area contributed by atoms with Crippen molar-refractivity contribution in [1.29, 1.82) is 0 Å². The van der Waals surface area contributed by atoms with Gasteiger partial charge in [0, 0.05) is 13.1 Å². The molecular formula is C14H21N3O3. The standard InChI is InChI=1S/C14H21N3O3/c1-10(20-12-6-5-7-15-9-12)8-16-13(19)14(3,4)17-11(2)18/h5-7,9-10H,8H2,1-4H3,(H,16,19)(H,17,18)/t10-/m0/s1. The van der Waals surface area contributed by atoms with Crippen molar-refractivity contribution in [2.24, 2.45) is 0 Å². The Balaban J connectivity index is 2.42. The summed E-state index contributed by atoms with van der Waals surface area (Å²) < 4.78 is 5.59. The highest BCUT2D eigenvalue weighted by atomic mass is 16.5. The van der Waals surface area contributed by atoms with Crippen LogP contribution in [0.25, 0.3) is 0 Å². The Morgan fingerprint density at radius 2 is 2.15 bits per heavy atom. The summed E-state index contributed by atoms with van der Waals surface area (Å²) in [5, 5.41) is 5.34. The Morgan fingerprint density at radius 3 is 2.70 bits per heavy atom. The van der Waals surface area contributed by atoms with E-state index in [0.717, 1.165) is 0 Å². The Morgan fingerprint density at radius 1 is 1.45 bits per heavy atom. The average Bonchev–Trinajstić information content (AvgIpc) is 2.35. The number of hydrogen-bond donors (Lipinski definition) is 2. The lowest BCUT2D eigenvalue weighted by Gasteiger charge is -2.25. The topological polar surface area (TPSA) is 80.3 Å². The van der Waals surface area contributed by atoms with Gasteiger partial charge >= 0.3 is 0 Å². The molecule has 0 spiro atoms. The number of nitrogens with zero attached hydrogens (tertiary/aromatic N) is 1. The number of aromatic nitrogens is 1. The first-order chi connectivity index (χ1) is 9.31. The van der Waals surface area contributed by atoms with Crippen LogP contribution in [0.2, 0.25) is 0 Å². The van der Waals surface area contributed by atoms with E-state index < -0.39 is 5.54 Å². The normalized spacial score (nSPS) is 12.4. The lowest BCUT2D eigenvalue weighted by atomic mass is 10.0. The predicted octanol–water partition coefficient (Wildman–Crippen LogP) is 0.880. The molecule has 1 aromatic rings. The number of carbonyl (C=O) groups excluding carboxylic acids is 2. The van der Waals surface area contributed by atoms with Crippen molar-refractivity contribution in [1.82, 2.24) is 15.6 Å². The summed E-state index contributed by atoms with van der Waals surface area (Å²) in [6.45, 7) is 6.87. The van der Waals surface area contributed by atoms with Crippen LogP contribution in [0, 0.1) is 0 Å². The van der Waals surface area contributed by atoms with Gasteiger partial charge in [-0.1, -0.05) is 0 Å². The highest BCUT2D eigenvalue weighted by Gasteiger charge is 2.28. The number of hydrogen-bond acceptors (Lipinski definition) is 4. The van der Waals surface area contributed by atoms with E-state index in [1.54, 1.807) is 38.4 Å². The van der Waals surface area contributed by atoms with Crippen molar-refractivity contribution < 1.29 is 14.3 Å². The smallest absolute Gasteiger partial charge is 0.245 e. The van der Waals surface area contributed by atoms with Crippen LogP contribution in [0.5, 0.6) is 5.75 Å². The fourth-order valence-electron chi connectivity index (χ4n) is 1.65. The van der Waals surface area contributed by atoms with Gasteiger partial charge in [0.05, 0.1) is 12.7 Å². The zero-order valence-electron chi connectivity index (χ0n) is 12.3. The fraction of sp³-hybridized carbons (Fsp3) is 0.500. The van der Waals surface area contributed by atoms with Crippen molar-refractivity contribution in [2.75, 3.05) is 6.54 Å². The van der Waals surface area contributed by atoms with Crippen LogP contribution in [-0.4, -0.2) is 35.0 Å². The van der Waals surface area contributed by atoms with Crippen LogP contribution in [0.3, 0.4) is 0 Å². The second kappa shape index (κ2) is 6.88. The van der Waals surface area contributed by atoms with Crippen molar-refractivity contribution in [3.8, 4) is 5.75 Å². The van der Waals surface area contributed by atoms with Gasteiger partial charge in [0.15, 0.2) is 0 Å². The molecule has 1 atom stereocenters. The van der Waals surface area contributed by atoms with Gasteiger partial charge in [-0.2, -0.15) is 0 Å². The molecule has 0 aliphatic heterocycles. The quantitative estimate of drug-likeness (QED) is 0.810. The molecule has 0 saturated heterocycles. The molecule has 0 saturated carbocycles. The van der Waals surface area contributed by atoms with E-state index in [0.29, 0.717) is 12.3 Å². The minimum atomic E-state index is -0.945. The number of rotatable bonds is 6. The Kier molecular flexibility index (Phi) is 5.49. The molecule has 0 aliphatic carbocycles. The third-order valence-electron chi connectivity index (χ3n) is 2.58. The molecule has 1 rings (SSSR count). The zero-order valence-corrected chi connectivity index (χ0v) is 12.3. The summed E-state index contributed by atoms with van der Waals surface area (Å²) in [6.07, 6.45) is 3.07. The summed E-state index contributed by atoms with van der Waals surface area (Å²) >= 11 is 0. The average molecular weight is 279 g/mol. The summed E-state index contributed by atoms with van der Waals surface area (Å²) in [4.78, 5) is 26.9. The second-order valence-electron chi connectivity index (χ2n) is 5.13. The molecule has 0 radical (unpaired) electrons. The van der Waals surface area contributed by atoms with Crippen LogP contribution >= 0.6 is 0 Å². The first-order valence-electron chi connectivity index (χ1n) is 6.45. The first kappa shape index (κ1) is 15.9. The van der Waals surface area contributed by atoms with Crippen molar-refractivity contribution in [2.45, 2.75) is 39.3 Å². The van der Waals surface area contributed by atoms with Crippen LogP contribution in [0.1, 0.15) is 27.7 Å². The lowest BCUT2D eigenvalue weighted by Crippen LogP contribution is -2.55. The summed E-state index contributed by atoms with van der Waals surface area (Å²) in [5.41, 5.74) is -0.945. The number of pyridine rings is 1. The minimum absolute atomic E-state index is 0.198. The van der Waals surface area contributed by atoms with Crippen molar-refractivity contribution in [3.63, 3.8) is 0 Å². The minimum Gasteiger partial charge on any atom is -0.487 e. The van der Waals surface area contributed by atoms with Crippen LogP contribution in [0.15, 0.2) is 24.5 Å². The molecule has 0 unspecified atom stereocenters. The van der Waals surface area contributed by atoms with Gasteiger partial charge < -0.3 is 15.4 Å². The fourth-order valence-corrected chi connectivity index (χ4v) is 1.65. The van der Waals surface area contributed by atoms with Crippen molar-refractivity contribution >= 4 is 11.8 Å². The molecule has 6 heteroatoms. The number of amides is 2. The lowest BCUT2D eigenvalue weighted by molar-refractivity contribution is -0.131. The molecular weight excluding hydrogens is 258 g/mol. The van der Waals surface area contributed by atoms with Gasteiger partial charge in [-0.25, -0.2) is 0 Å². The van der Waals surface area contributed by atoms with E-state index in [2.05, 4.69) is 15.6 Å². The molecule has 110 valence electrons. The van der Waals surface area contributed by atoms with E-state index in [-0.39, 0.29) is 17.9 Å². The molecule has 6 nitrogen and oxygen atoms in total. The van der Waals surface area contributed by atoms with E-state index in [1.165, 1.54) is 6.92 Å². The molecule has 20 heavy (non-hydrogen) atoms. The van der Waals surface area contributed by atoms with Crippen LogP contribution in [-0.2, 0) is 9.59 Å². The second-order valence-corrected chi connectivity index (χ2v) is 5.13. The third-order valence-corrected chi connectivity index (χ3v) is 2.58. The molecule has 0 bridgehead atoms. The molecule has 2 amide bonds. The van der Waals surface area contributed by atoms with Crippen LogP contribution in [0.4, 0.5) is 0 Å². The predicted molar refractivity (Wildman–Crippen MR) is 75.2 cm³/mol. The highest BCUT2D eigenvalue weighted by molar-refractivity contribution is 5.90. The van der Waals surface area contributed by atoms with Gasteiger partial charge in [-0.05, 0) is 32.9 Å². The van der Waals surface area contributed by atoms with E-state index in [4.69, 9.17) is 4.74 Å². The van der Waals surface area contributed by atoms with Gasteiger partial charge in [-0.15, -0.1) is 0 Å². The van der Waals surface area contributed by atoms with E-state index >= 15 is 0 Å². The first-order valence-corrected chi connectivity index (χ1v) is 6.45. The van der Waals surface area contributed by atoms with Gasteiger partial charge in [0.25, 0.3) is 0 Å². The molecule has 0 aliphatic rings. The summed E-state index contributed by atoms with van der Waals surface area (Å²) in [5.74, 6) is 0.148. The van der Waals surface area contributed by atoms with Crippen molar-refractivity contribution in [3.05, 3.63) is 24.5 Å².